The minimum Gasteiger partial charge on any atom is -0.508 e. The molecule has 0 aliphatic heterocycles. The van der Waals surface area contributed by atoms with Crippen molar-refractivity contribution in [2.45, 2.75) is 18.7 Å². The van der Waals surface area contributed by atoms with Gasteiger partial charge >= 0.3 is 0 Å². The van der Waals surface area contributed by atoms with Crippen molar-refractivity contribution < 1.29 is 9.90 Å². The lowest BCUT2D eigenvalue weighted by Gasteiger charge is -2.11. The van der Waals surface area contributed by atoms with E-state index in [0.717, 1.165) is 16.0 Å². The van der Waals surface area contributed by atoms with Crippen molar-refractivity contribution in [1.29, 1.82) is 0 Å². The molecule has 0 aliphatic rings. The van der Waals surface area contributed by atoms with Crippen LogP contribution in [0.5, 0.6) is 5.75 Å². The summed E-state index contributed by atoms with van der Waals surface area (Å²) in [6.07, 6.45) is 0. The fourth-order valence-corrected chi connectivity index (χ4v) is 3.01. The Morgan fingerprint density at radius 1 is 1.24 bits per heavy atom. The number of phenolic OH excluding ortho intramolecular Hbond substituents is 1. The number of carbonyl (C=O) groups is 1. The maximum absolute atomic E-state index is 12.0. The molecule has 0 aliphatic carbocycles. The molecule has 0 saturated heterocycles. The molecule has 0 fully saturated rings. The molecular weight excluding hydrogens is 306 g/mol. The second-order valence-corrected chi connectivity index (χ2v) is 6.23. The largest absolute Gasteiger partial charge is 0.508 e. The molecule has 0 unspecified atom stereocenters. The van der Waals surface area contributed by atoms with Gasteiger partial charge in [-0.3, -0.25) is 4.79 Å². The predicted octanol–water partition coefficient (Wildman–Crippen LogP) is 4.39. The molecule has 2 aromatic rings. The monoisotopic (exact) mass is 321 g/mol. The van der Waals surface area contributed by atoms with E-state index in [0.29, 0.717) is 10.7 Å². The maximum atomic E-state index is 12.0. The highest BCUT2D eigenvalue weighted by molar-refractivity contribution is 8.00. The highest BCUT2D eigenvalue weighted by Crippen LogP contribution is 2.28. The van der Waals surface area contributed by atoms with Gasteiger partial charge in [0.15, 0.2) is 0 Å². The summed E-state index contributed by atoms with van der Waals surface area (Å²) in [4.78, 5) is 12.9. The van der Waals surface area contributed by atoms with Crippen LogP contribution in [0.4, 0.5) is 5.69 Å². The van der Waals surface area contributed by atoms with Crippen LogP contribution in [0.1, 0.15) is 11.1 Å². The summed E-state index contributed by atoms with van der Waals surface area (Å²) in [7, 11) is 0. The second-order valence-electron chi connectivity index (χ2n) is 4.77. The zero-order valence-electron chi connectivity index (χ0n) is 11.8. The van der Waals surface area contributed by atoms with Crippen LogP contribution in [0, 0.1) is 13.8 Å². The van der Waals surface area contributed by atoms with E-state index in [2.05, 4.69) is 5.32 Å². The summed E-state index contributed by atoms with van der Waals surface area (Å²) >= 11 is 7.57. The Labute approximate surface area is 133 Å². The molecule has 2 N–H and O–H groups in total. The Balaban J connectivity index is 1.97. The summed E-state index contributed by atoms with van der Waals surface area (Å²) in [6.45, 7) is 3.88. The van der Waals surface area contributed by atoms with Crippen LogP contribution in [-0.2, 0) is 4.79 Å². The number of nitrogens with one attached hydrogen (secondary N) is 1. The van der Waals surface area contributed by atoms with Crippen LogP contribution in [0.25, 0.3) is 0 Å². The first-order chi connectivity index (χ1) is 9.95. The quantitative estimate of drug-likeness (QED) is 0.821. The van der Waals surface area contributed by atoms with Gasteiger partial charge in [0.25, 0.3) is 0 Å². The zero-order valence-corrected chi connectivity index (χ0v) is 13.4. The molecule has 0 spiro atoms. The number of aryl methyl sites for hydroxylation is 2. The van der Waals surface area contributed by atoms with Crippen molar-refractivity contribution >= 4 is 35.0 Å². The van der Waals surface area contributed by atoms with E-state index in [-0.39, 0.29) is 17.4 Å². The van der Waals surface area contributed by atoms with Gasteiger partial charge in [-0.2, -0.15) is 0 Å². The number of halogens is 1. The van der Waals surface area contributed by atoms with Gasteiger partial charge in [-0.15, -0.1) is 11.8 Å². The number of amides is 1. The maximum Gasteiger partial charge on any atom is 0.234 e. The molecule has 2 rings (SSSR count). The Hall–Kier alpha value is -1.65. The standard InChI is InChI=1S/C16H16ClNO2S/c1-10-7-11(2)16(14(17)8-10)18-15(20)9-21-13-5-3-12(19)4-6-13/h3-8,19H,9H2,1-2H3,(H,18,20). The van der Waals surface area contributed by atoms with Crippen LogP contribution in [0.15, 0.2) is 41.3 Å². The van der Waals surface area contributed by atoms with Crippen molar-refractivity contribution in [2.24, 2.45) is 0 Å². The first-order valence-electron chi connectivity index (χ1n) is 6.44. The van der Waals surface area contributed by atoms with Crippen molar-refractivity contribution in [2.75, 3.05) is 11.1 Å². The third-order valence-electron chi connectivity index (χ3n) is 2.90. The first-order valence-corrected chi connectivity index (χ1v) is 7.80. The lowest BCUT2D eigenvalue weighted by Crippen LogP contribution is -2.15. The Bertz CT molecular complexity index is 633. The summed E-state index contributed by atoms with van der Waals surface area (Å²) in [6, 6.07) is 10.6. The van der Waals surface area contributed by atoms with E-state index in [9.17, 15) is 9.90 Å². The van der Waals surface area contributed by atoms with Crippen LogP contribution in [0.3, 0.4) is 0 Å². The smallest absolute Gasteiger partial charge is 0.234 e. The van der Waals surface area contributed by atoms with E-state index in [1.54, 1.807) is 24.3 Å². The number of phenols is 1. The molecule has 2 aromatic carbocycles. The third-order valence-corrected chi connectivity index (χ3v) is 4.21. The normalized spacial score (nSPS) is 10.4. The highest BCUT2D eigenvalue weighted by atomic mass is 35.5. The number of carbonyl (C=O) groups excluding carboxylic acids is 1. The van der Waals surface area contributed by atoms with Gasteiger partial charge in [0, 0.05) is 4.90 Å². The molecule has 110 valence electrons. The van der Waals surface area contributed by atoms with Gasteiger partial charge in [-0.05, 0) is 55.3 Å². The Morgan fingerprint density at radius 3 is 2.52 bits per heavy atom. The van der Waals surface area contributed by atoms with Crippen LogP contribution in [0.2, 0.25) is 5.02 Å². The average molecular weight is 322 g/mol. The molecule has 0 saturated carbocycles. The van der Waals surface area contributed by atoms with E-state index in [1.807, 2.05) is 26.0 Å². The summed E-state index contributed by atoms with van der Waals surface area (Å²) in [5.74, 6) is 0.391. The molecule has 1 amide bonds. The molecule has 0 atom stereocenters. The van der Waals surface area contributed by atoms with Crippen molar-refractivity contribution in [1.82, 2.24) is 0 Å². The number of hydrogen-bond acceptors (Lipinski definition) is 3. The summed E-state index contributed by atoms with van der Waals surface area (Å²) < 4.78 is 0. The van der Waals surface area contributed by atoms with Crippen LogP contribution in [-0.4, -0.2) is 16.8 Å². The highest BCUT2D eigenvalue weighted by Gasteiger charge is 2.10. The summed E-state index contributed by atoms with van der Waals surface area (Å²) in [5.41, 5.74) is 2.68. The molecule has 0 heterocycles. The minimum absolute atomic E-state index is 0.109. The lowest BCUT2D eigenvalue weighted by atomic mass is 10.1. The van der Waals surface area contributed by atoms with Crippen molar-refractivity contribution in [3.8, 4) is 5.75 Å². The van der Waals surface area contributed by atoms with Gasteiger partial charge in [0.05, 0.1) is 16.5 Å². The van der Waals surface area contributed by atoms with Crippen LogP contribution >= 0.6 is 23.4 Å². The van der Waals surface area contributed by atoms with E-state index < -0.39 is 0 Å². The number of aromatic hydroxyl groups is 1. The fourth-order valence-electron chi connectivity index (χ4n) is 1.94. The molecular formula is C16H16ClNO2S. The molecule has 0 radical (unpaired) electrons. The molecule has 0 bridgehead atoms. The Morgan fingerprint density at radius 2 is 1.90 bits per heavy atom. The van der Waals surface area contributed by atoms with Gasteiger partial charge in [-0.1, -0.05) is 17.7 Å². The van der Waals surface area contributed by atoms with E-state index in [4.69, 9.17) is 11.6 Å². The van der Waals surface area contributed by atoms with Gasteiger partial charge in [0.2, 0.25) is 5.91 Å². The SMILES string of the molecule is Cc1cc(C)c(NC(=O)CSc2ccc(O)cc2)c(Cl)c1. The van der Waals surface area contributed by atoms with Gasteiger partial charge in [0.1, 0.15) is 5.75 Å². The fraction of sp³-hybridized carbons (Fsp3) is 0.188. The molecule has 21 heavy (non-hydrogen) atoms. The number of thioether (sulfide) groups is 1. The van der Waals surface area contributed by atoms with E-state index in [1.165, 1.54) is 11.8 Å². The number of hydrogen-bond donors (Lipinski definition) is 2. The number of rotatable bonds is 4. The molecule has 3 nitrogen and oxygen atoms in total. The van der Waals surface area contributed by atoms with Gasteiger partial charge in [-0.25, -0.2) is 0 Å². The summed E-state index contributed by atoms with van der Waals surface area (Å²) in [5, 5.41) is 12.6. The zero-order chi connectivity index (χ0) is 15.4. The molecule has 5 heteroatoms. The van der Waals surface area contributed by atoms with Crippen LogP contribution < -0.4 is 5.32 Å². The van der Waals surface area contributed by atoms with Crippen molar-refractivity contribution in [3.05, 3.63) is 52.5 Å². The topological polar surface area (TPSA) is 49.3 Å². The average Bonchev–Trinajstić information content (AvgIpc) is 2.42. The lowest BCUT2D eigenvalue weighted by molar-refractivity contribution is -0.113. The van der Waals surface area contributed by atoms with E-state index >= 15 is 0 Å². The third kappa shape index (κ3) is 4.41. The number of benzene rings is 2. The van der Waals surface area contributed by atoms with Crippen molar-refractivity contribution in [3.63, 3.8) is 0 Å². The number of anilines is 1. The Kier molecular flexibility index (Phi) is 5.15. The first kappa shape index (κ1) is 15.7. The predicted molar refractivity (Wildman–Crippen MR) is 88.4 cm³/mol. The minimum atomic E-state index is -0.109. The van der Waals surface area contributed by atoms with Gasteiger partial charge < -0.3 is 10.4 Å². The molecule has 0 aromatic heterocycles. The second kappa shape index (κ2) is 6.87.